The van der Waals surface area contributed by atoms with Crippen LogP contribution < -0.4 is 0 Å². The van der Waals surface area contributed by atoms with E-state index in [1.54, 1.807) is 0 Å². The Hall–Kier alpha value is -1.38. The molecule has 0 bridgehead atoms. The van der Waals surface area contributed by atoms with Crippen molar-refractivity contribution in [1.29, 1.82) is 0 Å². The molecule has 0 fully saturated rings. The predicted octanol–water partition coefficient (Wildman–Crippen LogP) is 2.76. The summed E-state index contributed by atoms with van der Waals surface area (Å²) in [4.78, 5) is 16.0. The lowest BCUT2D eigenvalue weighted by atomic mass is 9.76. The van der Waals surface area contributed by atoms with E-state index in [2.05, 4.69) is 30.3 Å². The van der Waals surface area contributed by atoms with Crippen molar-refractivity contribution in [1.82, 2.24) is 9.55 Å². The molecule has 0 atom stereocenters. The van der Waals surface area contributed by atoms with Gasteiger partial charge in [-0.1, -0.05) is 19.4 Å². The number of nitrogens with zero attached hydrogens (tertiary/aromatic N) is 2. The topological polar surface area (TPSA) is 34.9 Å². The Morgan fingerprint density at radius 2 is 2.18 bits per heavy atom. The van der Waals surface area contributed by atoms with Gasteiger partial charge in [0.15, 0.2) is 5.78 Å². The molecule has 0 spiro atoms. The fourth-order valence-corrected chi connectivity index (χ4v) is 2.59. The van der Waals surface area contributed by atoms with Crippen LogP contribution in [0.1, 0.15) is 39.4 Å². The lowest BCUT2D eigenvalue weighted by Crippen LogP contribution is -2.23. The number of allylic oxidation sites excluding steroid dienone is 2. The monoisotopic (exact) mass is 232 g/mol. The highest BCUT2D eigenvalue weighted by atomic mass is 16.1. The largest absolute Gasteiger partial charge is 0.335 e. The van der Waals surface area contributed by atoms with Gasteiger partial charge in [0.25, 0.3) is 0 Å². The number of hydrogen-bond donors (Lipinski definition) is 0. The zero-order chi connectivity index (χ0) is 12.5. The van der Waals surface area contributed by atoms with Crippen LogP contribution >= 0.6 is 0 Å². The van der Waals surface area contributed by atoms with Crippen LogP contribution in [-0.2, 0) is 17.8 Å². The van der Waals surface area contributed by atoms with Crippen molar-refractivity contribution in [2.75, 3.05) is 0 Å². The summed E-state index contributed by atoms with van der Waals surface area (Å²) in [6.07, 6.45) is 8.10. The third-order valence-electron chi connectivity index (χ3n) is 3.25. The predicted molar refractivity (Wildman–Crippen MR) is 67.7 cm³/mol. The minimum atomic E-state index is 0.102. The van der Waals surface area contributed by atoms with E-state index in [9.17, 15) is 4.79 Å². The van der Waals surface area contributed by atoms with Gasteiger partial charge in [0.2, 0.25) is 0 Å². The van der Waals surface area contributed by atoms with E-state index in [4.69, 9.17) is 0 Å². The first kappa shape index (κ1) is 12.1. The first-order chi connectivity index (χ1) is 8.00. The van der Waals surface area contributed by atoms with E-state index in [0.29, 0.717) is 6.42 Å². The van der Waals surface area contributed by atoms with Crippen molar-refractivity contribution in [3.8, 4) is 0 Å². The summed E-state index contributed by atoms with van der Waals surface area (Å²) in [5.74, 6) is 1.31. The van der Waals surface area contributed by atoms with Crippen LogP contribution in [-0.4, -0.2) is 15.3 Å². The van der Waals surface area contributed by atoms with Crippen molar-refractivity contribution in [3.05, 3.63) is 29.9 Å². The van der Waals surface area contributed by atoms with Crippen molar-refractivity contribution < 1.29 is 4.79 Å². The maximum Gasteiger partial charge on any atom is 0.156 e. The zero-order valence-electron chi connectivity index (χ0n) is 10.9. The highest BCUT2D eigenvalue weighted by molar-refractivity contribution is 5.91. The Kier molecular flexibility index (Phi) is 3.18. The lowest BCUT2D eigenvalue weighted by Gasteiger charge is -2.28. The molecule has 1 aromatic heterocycles. The summed E-state index contributed by atoms with van der Waals surface area (Å²) < 4.78 is 2.13. The maximum absolute atomic E-state index is 11.7. The average Bonchev–Trinajstić information content (AvgIpc) is 2.61. The van der Waals surface area contributed by atoms with Crippen molar-refractivity contribution in [2.24, 2.45) is 5.41 Å². The molecule has 1 aromatic rings. The van der Waals surface area contributed by atoms with Gasteiger partial charge in [0.1, 0.15) is 5.82 Å². The van der Waals surface area contributed by atoms with E-state index in [0.717, 1.165) is 25.2 Å². The molecule has 1 aliphatic rings. The van der Waals surface area contributed by atoms with Crippen LogP contribution in [0.5, 0.6) is 0 Å². The third kappa shape index (κ3) is 2.84. The Morgan fingerprint density at radius 3 is 2.82 bits per heavy atom. The molecule has 1 aliphatic carbocycles. The van der Waals surface area contributed by atoms with Gasteiger partial charge in [-0.3, -0.25) is 4.79 Å². The molecule has 3 heteroatoms. The Labute approximate surface area is 103 Å². The number of aromatic nitrogens is 2. The number of imidazole rings is 1. The van der Waals surface area contributed by atoms with Gasteiger partial charge in [-0.15, -0.1) is 0 Å². The molecule has 0 N–H and O–H groups in total. The lowest BCUT2D eigenvalue weighted by molar-refractivity contribution is -0.117. The molecule has 0 unspecified atom stereocenters. The molecule has 2 rings (SSSR count). The van der Waals surface area contributed by atoms with Gasteiger partial charge >= 0.3 is 0 Å². The molecule has 0 aliphatic heterocycles. The van der Waals surface area contributed by atoms with Crippen molar-refractivity contribution in [2.45, 2.75) is 46.6 Å². The molecule has 0 radical (unpaired) electrons. The second-order valence-electron chi connectivity index (χ2n) is 5.59. The fourth-order valence-electron chi connectivity index (χ4n) is 2.59. The molecule has 0 aromatic carbocycles. The molecular weight excluding hydrogens is 212 g/mol. The average molecular weight is 232 g/mol. The van der Waals surface area contributed by atoms with E-state index in [1.807, 2.05) is 18.5 Å². The highest BCUT2D eigenvalue weighted by Crippen LogP contribution is 2.34. The Balaban J connectivity index is 2.16. The summed E-state index contributed by atoms with van der Waals surface area (Å²) in [5.41, 5.74) is 1.32. The second-order valence-corrected chi connectivity index (χ2v) is 5.59. The summed E-state index contributed by atoms with van der Waals surface area (Å²) in [5, 5.41) is 0. The molecule has 1 heterocycles. The number of carbonyl (C=O) groups excluding carboxylic acids is 1. The summed E-state index contributed by atoms with van der Waals surface area (Å²) >= 11 is 0. The van der Waals surface area contributed by atoms with E-state index >= 15 is 0 Å². The molecule has 3 nitrogen and oxygen atoms in total. The molecule has 0 amide bonds. The molecular formula is C14H20N2O. The van der Waals surface area contributed by atoms with Crippen LogP contribution in [0.15, 0.2) is 24.0 Å². The van der Waals surface area contributed by atoms with Crippen molar-refractivity contribution >= 4 is 5.78 Å². The molecule has 0 saturated heterocycles. The SMILES string of the molecule is CCn1ccnc1CC1=CC(=O)CC(C)(C)C1. The second kappa shape index (κ2) is 4.47. The maximum atomic E-state index is 11.7. The van der Waals surface area contributed by atoms with Gasteiger partial charge in [-0.05, 0) is 24.8 Å². The number of aryl methyl sites for hydroxylation is 1. The smallest absolute Gasteiger partial charge is 0.156 e. The number of hydrogen-bond acceptors (Lipinski definition) is 2. The first-order valence-corrected chi connectivity index (χ1v) is 6.22. The van der Waals surface area contributed by atoms with Gasteiger partial charge in [-0.2, -0.15) is 0 Å². The van der Waals surface area contributed by atoms with E-state index in [-0.39, 0.29) is 11.2 Å². The van der Waals surface area contributed by atoms with Crippen LogP contribution in [0.2, 0.25) is 0 Å². The van der Waals surface area contributed by atoms with Gasteiger partial charge in [0, 0.05) is 31.8 Å². The quantitative estimate of drug-likeness (QED) is 0.803. The Morgan fingerprint density at radius 1 is 1.41 bits per heavy atom. The first-order valence-electron chi connectivity index (χ1n) is 6.22. The summed E-state index contributed by atoms with van der Waals surface area (Å²) in [7, 11) is 0. The summed E-state index contributed by atoms with van der Waals surface area (Å²) in [6.45, 7) is 7.35. The minimum absolute atomic E-state index is 0.102. The zero-order valence-corrected chi connectivity index (χ0v) is 10.9. The van der Waals surface area contributed by atoms with Gasteiger partial charge in [0.05, 0.1) is 0 Å². The Bertz CT molecular complexity index is 455. The summed E-state index contributed by atoms with van der Waals surface area (Å²) in [6, 6.07) is 0. The van der Waals surface area contributed by atoms with Crippen molar-refractivity contribution in [3.63, 3.8) is 0 Å². The third-order valence-corrected chi connectivity index (χ3v) is 3.25. The van der Waals surface area contributed by atoms with Crippen LogP contribution in [0, 0.1) is 5.41 Å². The number of carbonyl (C=O) groups is 1. The number of rotatable bonds is 3. The highest BCUT2D eigenvalue weighted by Gasteiger charge is 2.27. The van der Waals surface area contributed by atoms with Crippen LogP contribution in [0.25, 0.3) is 0 Å². The minimum Gasteiger partial charge on any atom is -0.335 e. The van der Waals surface area contributed by atoms with Crippen LogP contribution in [0.3, 0.4) is 0 Å². The van der Waals surface area contributed by atoms with Crippen LogP contribution in [0.4, 0.5) is 0 Å². The van der Waals surface area contributed by atoms with Gasteiger partial charge in [-0.25, -0.2) is 4.98 Å². The van der Waals surface area contributed by atoms with E-state index in [1.165, 1.54) is 5.57 Å². The fraction of sp³-hybridized carbons (Fsp3) is 0.571. The molecule has 92 valence electrons. The molecule has 17 heavy (non-hydrogen) atoms. The molecule has 0 saturated carbocycles. The number of ketones is 1. The standard InChI is InChI=1S/C14H20N2O/c1-4-16-6-5-15-13(16)8-11-7-12(17)10-14(2,3)9-11/h5-7H,4,8-10H2,1-3H3. The van der Waals surface area contributed by atoms with E-state index < -0.39 is 0 Å². The normalized spacial score (nSPS) is 19.2. The van der Waals surface area contributed by atoms with Gasteiger partial charge < -0.3 is 4.57 Å².